The van der Waals surface area contributed by atoms with Crippen LogP contribution in [0.3, 0.4) is 0 Å². The van der Waals surface area contributed by atoms with Crippen LogP contribution in [0.4, 0.5) is 0 Å². The number of rotatable bonds is 5. The Morgan fingerprint density at radius 1 is 1.30 bits per heavy atom. The Kier molecular flexibility index (Phi) is 4.53. The molecule has 0 radical (unpaired) electrons. The maximum atomic E-state index is 5.06. The molecule has 7 nitrogen and oxygen atoms in total. The minimum Gasteiger partial charge on any atom is -0.250 e. The third-order valence-electron chi connectivity index (χ3n) is 3.09. The van der Waals surface area contributed by atoms with Gasteiger partial charge in [0, 0.05) is 6.21 Å². The quantitative estimate of drug-likeness (QED) is 0.577. The summed E-state index contributed by atoms with van der Waals surface area (Å²) >= 11 is 5.06. The fraction of sp³-hybridized carbons (Fsp3) is 0.133. The molecular weight excluding hydrogens is 310 g/mol. The molecule has 0 aliphatic heterocycles. The predicted octanol–water partition coefficient (Wildman–Crippen LogP) is 2.44. The van der Waals surface area contributed by atoms with Gasteiger partial charge in [0.05, 0.1) is 12.7 Å². The van der Waals surface area contributed by atoms with Gasteiger partial charge in [0.2, 0.25) is 4.77 Å². The van der Waals surface area contributed by atoms with Gasteiger partial charge in [-0.2, -0.15) is 14.9 Å². The number of aromatic nitrogens is 6. The van der Waals surface area contributed by atoms with Crippen molar-refractivity contribution in [2.45, 2.75) is 13.5 Å². The van der Waals surface area contributed by atoms with Crippen LogP contribution in [0.15, 0.2) is 47.7 Å². The van der Waals surface area contributed by atoms with Crippen LogP contribution in [0.2, 0.25) is 0 Å². The van der Waals surface area contributed by atoms with Gasteiger partial charge in [0.15, 0.2) is 0 Å². The summed E-state index contributed by atoms with van der Waals surface area (Å²) in [6.07, 6.45) is 7.13. The summed E-state index contributed by atoms with van der Waals surface area (Å²) < 4.78 is 3.80. The first-order valence-electron chi connectivity index (χ1n) is 7.01. The molecule has 1 N–H and O–H groups in total. The fourth-order valence-electron chi connectivity index (χ4n) is 1.99. The topological polar surface area (TPSA) is 76.7 Å². The Morgan fingerprint density at radius 2 is 2.13 bits per heavy atom. The van der Waals surface area contributed by atoms with E-state index in [1.165, 1.54) is 5.56 Å². The van der Waals surface area contributed by atoms with Crippen LogP contribution < -0.4 is 0 Å². The van der Waals surface area contributed by atoms with Crippen LogP contribution >= 0.6 is 12.2 Å². The lowest BCUT2D eigenvalue weighted by atomic mass is 10.2. The van der Waals surface area contributed by atoms with E-state index in [2.05, 4.69) is 37.7 Å². The van der Waals surface area contributed by atoms with Crippen molar-refractivity contribution in [1.29, 1.82) is 0 Å². The van der Waals surface area contributed by atoms with Crippen LogP contribution in [0.5, 0.6) is 0 Å². The lowest BCUT2D eigenvalue weighted by Gasteiger charge is -1.98. The Morgan fingerprint density at radius 3 is 2.87 bits per heavy atom. The summed E-state index contributed by atoms with van der Waals surface area (Å²) in [5.41, 5.74) is 1.94. The van der Waals surface area contributed by atoms with Crippen molar-refractivity contribution in [2.75, 3.05) is 0 Å². The molecule has 8 heteroatoms. The molecule has 116 valence electrons. The molecule has 23 heavy (non-hydrogen) atoms. The van der Waals surface area contributed by atoms with Gasteiger partial charge in [-0.05, 0) is 36.9 Å². The monoisotopic (exact) mass is 325 g/mol. The number of aryl methyl sites for hydroxylation is 1. The molecule has 0 bridgehead atoms. The molecule has 0 spiro atoms. The summed E-state index contributed by atoms with van der Waals surface area (Å²) in [6.45, 7) is 2.52. The predicted molar refractivity (Wildman–Crippen MR) is 90.6 cm³/mol. The minimum atomic E-state index is 0.459. The largest absolute Gasteiger partial charge is 0.250 e. The Labute approximate surface area is 138 Å². The van der Waals surface area contributed by atoms with Crippen molar-refractivity contribution >= 4 is 24.5 Å². The van der Waals surface area contributed by atoms with Gasteiger partial charge in [0.25, 0.3) is 0 Å². The number of hydrogen-bond acceptors (Lipinski definition) is 5. The highest BCUT2D eigenvalue weighted by molar-refractivity contribution is 7.71. The number of nitrogens with zero attached hydrogens (tertiary/aromatic N) is 6. The lowest BCUT2D eigenvalue weighted by molar-refractivity contribution is 0.649. The Balaban J connectivity index is 1.64. The second-order valence-electron chi connectivity index (χ2n) is 4.84. The van der Waals surface area contributed by atoms with Crippen molar-refractivity contribution in [3.05, 3.63) is 64.5 Å². The van der Waals surface area contributed by atoms with E-state index >= 15 is 0 Å². The smallest absolute Gasteiger partial charge is 0.216 e. The molecule has 0 fully saturated rings. The van der Waals surface area contributed by atoms with Gasteiger partial charge in [-0.1, -0.05) is 35.5 Å². The lowest BCUT2D eigenvalue weighted by Crippen LogP contribution is -1.99. The summed E-state index contributed by atoms with van der Waals surface area (Å²) in [4.78, 5) is 0. The van der Waals surface area contributed by atoms with E-state index in [1.54, 1.807) is 21.6 Å². The van der Waals surface area contributed by atoms with Crippen molar-refractivity contribution in [3.63, 3.8) is 0 Å². The highest BCUT2D eigenvalue weighted by Crippen LogP contribution is 2.03. The maximum Gasteiger partial charge on any atom is 0.216 e. The van der Waals surface area contributed by atoms with Crippen LogP contribution in [-0.4, -0.2) is 36.1 Å². The third-order valence-corrected chi connectivity index (χ3v) is 3.36. The molecule has 0 saturated carbocycles. The first-order chi connectivity index (χ1) is 11.2. The molecule has 0 saturated heterocycles. The van der Waals surface area contributed by atoms with Gasteiger partial charge in [0.1, 0.15) is 11.5 Å². The van der Waals surface area contributed by atoms with Gasteiger partial charge >= 0.3 is 0 Å². The molecule has 0 unspecified atom stereocenters. The summed E-state index contributed by atoms with van der Waals surface area (Å²) in [5, 5.41) is 19.1. The Bertz CT molecular complexity index is 886. The molecule has 0 atom stereocenters. The number of aromatic amines is 1. The van der Waals surface area contributed by atoms with Crippen LogP contribution in [0.25, 0.3) is 6.08 Å². The van der Waals surface area contributed by atoms with E-state index in [4.69, 9.17) is 12.2 Å². The van der Waals surface area contributed by atoms with Gasteiger partial charge < -0.3 is 0 Å². The number of H-pyrrole nitrogens is 1. The van der Waals surface area contributed by atoms with Gasteiger partial charge in [-0.15, -0.1) is 5.10 Å². The number of benzene rings is 1. The molecule has 0 aliphatic carbocycles. The minimum absolute atomic E-state index is 0.459. The van der Waals surface area contributed by atoms with Crippen LogP contribution in [0, 0.1) is 11.7 Å². The molecule has 1 aromatic carbocycles. The second-order valence-corrected chi connectivity index (χ2v) is 5.22. The summed E-state index contributed by atoms with van der Waals surface area (Å²) in [6, 6.07) is 10.1. The SMILES string of the molecule is Cc1n[nH]c(=S)n1/N=C\C=C\c1cn(Cc2ccccc2)nn1. The first kappa shape index (κ1) is 15.0. The highest BCUT2D eigenvalue weighted by Gasteiger charge is 1.98. The molecule has 0 amide bonds. The van der Waals surface area contributed by atoms with E-state index in [0.717, 1.165) is 5.69 Å². The molecule has 2 aromatic heterocycles. The molecule has 3 aromatic rings. The molecule has 3 rings (SSSR count). The van der Waals surface area contributed by atoms with Gasteiger partial charge in [-0.25, -0.2) is 4.68 Å². The van der Waals surface area contributed by atoms with Crippen molar-refractivity contribution in [2.24, 2.45) is 5.10 Å². The van der Waals surface area contributed by atoms with Crippen LogP contribution in [0.1, 0.15) is 17.1 Å². The average molecular weight is 325 g/mol. The summed E-state index contributed by atoms with van der Waals surface area (Å²) in [7, 11) is 0. The van der Waals surface area contributed by atoms with Gasteiger partial charge in [-0.3, -0.25) is 5.10 Å². The third kappa shape index (κ3) is 3.86. The zero-order valence-corrected chi connectivity index (χ0v) is 13.3. The normalized spacial score (nSPS) is 11.7. The number of allylic oxidation sites excluding steroid dienone is 1. The van der Waals surface area contributed by atoms with Crippen molar-refractivity contribution in [3.8, 4) is 0 Å². The number of nitrogens with one attached hydrogen (secondary N) is 1. The molecule has 0 aliphatic rings. The van der Waals surface area contributed by atoms with E-state index < -0.39 is 0 Å². The Hall–Kier alpha value is -2.87. The van der Waals surface area contributed by atoms with E-state index in [9.17, 15) is 0 Å². The fourth-order valence-corrected chi connectivity index (χ4v) is 2.22. The molecule has 2 heterocycles. The van der Waals surface area contributed by atoms with Crippen molar-refractivity contribution < 1.29 is 0 Å². The zero-order chi connectivity index (χ0) is 16.1. The maximum absolute atomic E-state index is 5.06. The highest BCUT2D eigenvalue weighted by atomic mass is 32.1. The van der Waals surface area contributed by atoms with Crippen LogP contribution in [-0.2, 0) is 6.54 Å². The zero-order valence-electron chi connectivity index (χ0n) is 12.5. The van der Waals surface area contributed by atoms with E-state index in [1.807, 2.05) is 37.4 Å². The standard InChI is InChI=1S/C15H15N7S/c1-12-17-19-15(23)22(12)16-9-5-8-14-11-21(20-18-14)10-13-6-3-2-4-7-13/h2-9,11H,10H2,1H3,(H,19,23)/b8-5+,16-9-. The summed E-state index contributed by atoms with van der Waals surface area (Å²) in [5.74, 6) is 0.702. The molecular formula is C15H15N7S. The first-order valence-corrected chi connectivity index (χ1v) is 7.42. The second kappa shape index (κ2) is 6.93. The number of hydrogen-bond donors (Lipinski definition) is 1. The van der Waals surface area contributed by atoms with E-state index in [0.29, 0.717) is 17.1 Å². The van der Waals surface area contributed by atoms with Crippen molar-refractivity contribution in [1.82, 2.24) is 29.9 Å². The van der Waals surface area contributed by atoms with E-state index in [-0.39, 0.29) is 0 Å². The average Bonchev–Trinajstić information content (AvgIpc) is 3.13.